The first-order valence-corrected chi connectivity index (χ1v) is 24.6. The second-order valence-electron chi connectivity index (χ2n) is 21.1. The fourth-order valence-electron chi connectivity index (χ4n) is 14.0. The van der Waals surface area contributed by atoms with Crippen LogP contribution in [0, 0.1) is 35.5 Å². The number of hydrogen-bond donors (Lipinski definition) is 1. The molecule has 9 nitrogen and oxygen atoms in total. The topological polar surface area (TPSA) is 106 Å². The Morgan fingerprint density at radius 2 is 1.49 bits per heavy atom. The maximum Gasteiger partial charge on any atom is 0.355 e. The third-order valence-corrected chi connectivity index (χ3v) is 20.4. The van der Waals surface area contributed by atoms with Crippen molar-refractivity contribution in [2.45, 2.75) is 124 Å². The highest BCUT2D eigenvalue weighted by atomic mass is 35.5. The van der Waals surface area contributed by atoms with Crippen LogP contribution in [0.5, 0.6) is 0 Å². The molecule has 0 amide bonds. The molecule has 5 aromatic rings. The van der Waals surface area contributed by atoms with Crippen molar-refractivity contribution in [3.05, 3.63) is 107 Å². The first-order valence-electron chi connectivity index (χ1n) is 22.3. The van der Waals surface area contributed by atoms with Gasteiger partial charge in [-0.15, -0.1) is 10.2 Å². The van der Waals surface area contributed by atoms with Crippen LogP contribution in [0.2, 0.25) is 10.2 Å². The molecule has 0 saturated heterocycles. The van der Waals surface area contributed by atoms with E-state index in [2.05, 4.69) is 117 Å². The average molecular weight is 858 g/mol. The van der Waals surface area contributed by atoms with Crippen molar-refractivity contribution in [2.24, 2.45) is 21.7 Å². The lowest BCUT2D eigenvalue weighted by atomic mass is 9.35. The number of benzene rings is 2. The Kier molecular flexibility index (Phi) is 10.4. The number of hydrogen-bond acceptors (Lipinski definition) is 7. The predicted molar refractivity (Wildman–Crippen MR) is 246 cm³/mol. The number of aromatic carboxylic acids is 1. The number of carbonyl (C=O) groups is 1. The fourth-order valence-corrected chi connectivity index (χ4v) is 18.8. The molecule has 0 radical (unpaired) electrons. The lowest BCUT2D eigenvalue weighted by Gasteiger charge is -2.70. The summed E-state index contributed by atoms with van der Waals surface area (Å²) in [5.74, 6) is 0.166. The van der Waals surface area contributed by atoms with Gasteiger partial charge in [-0.2, -0.15) is 5.10 Å². The molecule has 5 aliphatic rings. The van der Waals surface area contributed by atoms with Gasteiger partial charge < -0.3 is 14.4 Å². The molecule has 2 aromatic carbocycles. The van der Waals surface area contributed by atoms with Gasteiger partial charge in [-0.25, -0.2) is 9.78 Å². The monoisotopic (exact) mass is 856 g/mol. The van der Waals surface area contributed by atoms with Gasteiger partial charge in [0.1, 0.15) is 5.82 Å². The highest BCUT2D eigenvalue weighted by Gasteiger charge is 2.65. The Labute approximate surface area is 367 Å². The minimum atomic E-state index is -2.61. The Balaban J connectivity index is 0.967. The van der Waals surface area contributed by atoms with Gasteiger partial charge >= 0.3 is 5.97 Å². The fraction of sp³-hybridized carbons (Fsp3) is 0.500. The van der Waals surface area contributed by atoms with Gasteiger partial charge in [0.2, 0.25) is 0 Å². The van der Waals surface area contributed by atoms with Crippen LogP contribution in [0.4, 0.5) is 11.6 Å². The molecule has 1 N–H and O–H groups in total. The van der Waals surface area contributed by atoms with Crippen LogP contribution in [-0.2, 0) is 17.4 Å². The van der Waals surface area contributed by atoms with E-state index in [1.807, 2.05) is 30.2 Å². The van der Waals surface area contributed by atoms with E-state index in [1.54, 1.807) is 0 Å². The molecule has 1 aliphatic heterocycles. The molecule has 61 heavy (non-hydrogen) atoms. The van der Waals surface area contributed by atoms with E-state index in [0.29, 0.717) is 28.9 Å². The zero-order valence-electron chi connectivity index (χ0n) is 37.0. The van der Waals surface area contributed by atoms with Crippen molar-refractivity contribution < 1.29 is 14.3 Å². The highest BCUT2D eigenvalue weighted by molar-refractivity contribution is 6.99. The van der Waals surface area contributed by atoms with Gasteiger partial charge in [-0.1, -0.05) is 107 Å². The quantitative estimate of drug-likeness (QED) is 0.0977. The van der Waals surface area contributed by atoms with Crippen LogP contribution in [0.1, 0.15) is 120 Å². The number of carboxylic acids is 1. The number of halogens is 1. The van der Waals surface area contributed by atoms with Crippen molar-refractivity contribution >= 4 is 47.9 Å². The van der Waals surface area contributed by atoms with Gasteiger partial charge in [0.25, 0.3) is 8.32 Å². The Morgan fingerprint density at radius 1 is 0.852 bits per heavy atom. The third kappa shape index (κ3) is 7.34. The molecule has 10 rings (SSSR count). The Bertz CT molecular complexity index is 2410. The predicted octanol–water partition coefficient (Wildman–Crippen LogP) is 10.5. The summed E-state index contributed by atoms with van der Waals surface area (Å²) in [4.78, 5) is 19.6. The summed E-state index contributed by atoms with van der Waals surface area (Å²) in [5.41, 5.74) is 5.27. The van der Waals surface area contributed by atoms with E-state index in [9.17, 15) is 9.90 Å². The number of nitrogens with zero attached hydrogens (tertiary/aromatic N) is 6. The van der Waals surface area contributed by atoms with E-state index in [0.717, 1.165) is 54.8 Å². The average Bonchev–Trinajstić information content (AvgIpc) is 3.55. The van der Waals surface area contributed by atoms with Crippen LogP contribution in [0.25, 0.3) is 11.1 Å². The second kappa shape index (κ2) is 15.2. The van der Waals surface area contributed by atoms with Gasteiger partial charge in [0.15, 0.2) is 16.7 Å². The molecule has 11 heteroatoms. The maximum absolute atomic E-state index is 12.9. The smallest absolute Gasteiger partial charge is 0.355 e. The van der Waals surface area contributed by atoms with Crippen LogP contribution in [-0.4, -0.2) is 57.5 Å². The molecule has 4 heterocycles. The SMILES string of the molecule is Cc1c(Cl)nnc2c1CCCN2c1ccc(-c2cnn(CC34CC5(C)CC(C)(CC(CCCO[Si](c6ccccc6)(c6ccccc6)C(C)(C)C)(C5)C3)C4)c2C)c(C(=O)O)n1. The summed E-state index contributed by atoms with van der Waals surface area (Å²) in [6, 6.07) is 25.8. The van der Waals surface area contributed by atoms with Crippen LogP contribution in [0.15, 0.2) is 79.0 Å². The van der Waals surface area contributed by atoms with Gasteiger partial charge in [-0.05, 0) is 133 Å². The number of pyridine rings is 1. The number of carboxylic acid groups (broad SMARTS) is 1. The number of anilines is 2. The number of fused-ring (bicyclic) bond motifs is 1. The normalized spacial score (nSPS) is 25.8. The lowest BCUT2D eigenvalue weighted by Crippen LogP contribution is -2.66. The zero-order chi connectivity index (χ0) is 43.0. The zero-order valence-corrected chi connectivity index (χ0v) is 38.8. The van der Waals surface area contributed by atoms with Crippen molar-refractivity contribution in [2.75, 3.05) is 18.1 Å². The molecule has 2 unspecified atom stereocenters. The van der Waals surface area contributed by atoms with Crippen molar-refractivity contribution in [1.29, 1.82) is 0 Å². The maximum atomic E-state index is 12.9. The van der Waals surface area contributed by atoms with Crippen LogP contribution >= 0.6 is 11.6 Å². The van der Waals surface area contributed by atoms with Gasteiger partial charge in [0, 0.05) is 42.1 Å². The molecule has 3 aromatic heterocycles. The molecule has 2 atom stereocenters. The second-order valence-corrected chi connectivity index (χ2v) is 25.8. The molecule has 0 spiro atoms. The first kappa shape index (κ1) is 41.9. The minimum Gasteiger partial charge on any atom is -0.476 e. The molecular formula is C50H61ClN6O3Si. The highest BCUT2D eigenvalue weighted by Crippen LogP contribution is 2.75. The molecular weight excluding hydrogens is 796 g/mol. The standard InChI is InChI=1S/C50H61ClN6O3Si/c1-34-38-20-14-24-56(44(38)55-54-43(34)51)41-22-21-39(42(53-41)45(58)59)40-26-52-57(35(40)2)33-50-30-47(6)27-48(7,31-50)29-49(28-47,32-50)23-15-25-60-61(46(3,4)5,36-16-10-8-11-17-36)37-18-12-9-13-19-37/h8-13,16-19,21-22,26H,14-15,20,23-25,27-33H2,1-7H3,(H,58,59). The molecule has 4 fully saturated rings. The van der Waals surface area contributed by atoms with E-state index in [-0.39, 0.29) is 32.4 Å². The van der Waals surface area contributed by atoms with Gasteiger partial charge in [0.05, 0.1) is 6.20 Å². The summed E-state index contributed by atoms with van der Waals surface area (Å²) in [6.45, 7) is 18.5. The van der Waals surface area contributed by atoms with E-state index < -0.39 is 14.3 Å². The van der Waals surface area contributed by atoms with E-state index >= 15 is 0 Å². The molecule has 4 bridgehead atoms. The lowest BCUT2D eigenvalue weighted by molar-refractivity contribution is -0.198. The van der Waals surface area contributed by atoms with Crippen molar-refractivity contribution in [1.82, 2.24) is 25.0 Å². The summed E-state index contributed by atoms with van der Waals surface area (Å²) in [6.07, 6.45) is 13.2. The van der Waals surface area contributed by atoms with Crippen molar-refractivity contribution in [3.63, 3.8) is 0 Å². The molecule has 4 saturated carbocycles. The molecule has 4 aliphatic carbocycles. The summed E-state index contributed by atoms with van der Waals surface area (Å²) in [7, 11) is -2.61. The van der Waals surface area contributed by atoms with Crippen LogP contribution < -0.4 is 15.3 Å². The van der Waals surface area contributed by atoms with Crippen LogP contribution in [0.3, 0.4) is 0 Å². The van der Waals surface area contributed by atoms with E-state index in [4.69, 9.17) is 26.1 Å². The Morgan fingerprint density at radius 3 is 2.11 bits per heavy atom. The minimum absolute atomic E-state index is 0.0139. The number of rotatable bonds is 12. The number of aromatic nitrogens is 5. The van der Waals surface area contributed by atoms with E-state index in [1.165, 1.54) is 55.3 Å². The summed E-state index contributed by atoms with van der Waals surface area (Å²) >= 11 is 6.32. The van der Waals surface area contributed by atoms with Gasteiger partial charge in [-0.3, -0.25) is 4.68 Å². The molecule has 320 valence electrons. The van der Waals surface area contributed by atoms with Crippen molar-refractivity contribution in [3.8, 4) is 11.1 Å². The summed E-state index contributed by atoms with van der Waals surface area (Å²) < 4.78 is 9.60. The first-order chi connectivity index (χ1) is 29.0. The summed E-state index contributed by atoms with van der Waals surface area (Å²) in [5, 5.41) is 27.2. The largest absolute Gasteiger partial charge is 0.476 e. The third-order valence-electron chi connectivity index (χ3n) is 15.0. The Hall–Kier alpha value is -4.38.